The Morgan fingerprint density at radius 3 is 2.30 bits per heavy atom. The molecule has 2 N–H and O–H groups in total. The van der Waals surface area contributed by atoms with Gasteiger partial charge in [0.2, 0.25) is 10.0 Å². The van der Waals surface area contributed by atoms with Crippen LogP contribution in [0.15, 0.2) is 23.1 Å². The van der Waals surface area contributed by atoms with E-state index in [-0.39, 0.29) is 23.7 Å². The molecule has 6 nitrogen and oxygen atoms in total. The Morgan fingerprint density at radius 2 is 1.80 bits per heavy atom. The number of hydrogen-bond donors (Lipinski definition) is 1. The van der Waals surface area contributed by atoms with Crippen LogP contribution in [0.1, 0.15) is 11.1 Å². The molecule has 0 saturated heterocycles. The van der Waals surface area contributed by atoms with E-state index in [9.17, 15) is 16.8 Å². The lowest BCUT2D eigenvalue weighted by Crippen LogP contribution is -2.32. The fourth-order valence-corrected chi connectivity index (χ4v) is 3.90. The van der Waals surface area contributed by atoms with E-state index < -0.39 is 19.9 Å². The largest absolute Gasteiger partial charge is 0.326 e. The van der Waals surface area contributed by atoms with Crippen molar-refractivity contribution in [1.29, 1.82) is 0 Å². The van der Waals surface area contributed by atoms with E-state index in [0.717, 1.165) is 16.1 Å². The summed E-state index contributed by atoms with van der Waals surface area (Å²) in [5, 5.41) is 0. The lowest BCUT2D eigenvalue weighted by molar-refractivity contribution is 0.484. The number of rotatable bonds is 6. The Balaban J connectivity index is 3.11. The number of hydrogen-bond acceptors (Lipinski definition) is 5. The number of sulfonamides is 1. The molecule has 0 heterocycles. The van der Waals surface area contributed by atoms with Crippen molar-refractivity contribution in [2.24, 2.45) is 5.73 Å². The number of sulfone groups is 1. The highest BCUT2D eigenvalue weighted by Gasteiger charge is 2.24. The van der Waals surface area contributed by atoms with Crippen molar-refractivity contribution in [3.8, 4) is 0 Å². The minimum atomic E-state index is -3.71. The predicted molar refractivity (Wildman–Crippen MR) is 78.6 cm³/mol. The maximum Gasteiger partial charge on any atom is 0.243 e. The molecule has 20 heavy (non-hydrogen) atoms. The molecule has 0 fully saturated rings. The molecule has 0 bridgehead atoms. The molecule has 8 heteroatoms. The van der Waals surface area contributed by atoms with Gasteiger partial charge >= 0.3 is 0 Å². The quantitative estimate of drug-likeness (QED) is 0.803. The summed E-state index contributed by atoms with van der Waals surface area (Å²) >= 11 is 0. The van der Waals surface area contributed by atoms with Gasteiger partial charge in [-0.2, -0.15) is 4.31 Å². The summed E-state index contributed by atoms with van der Waals surface area (Å²) in [5.74, 6) is -0.210. The summed E-state index contributed by atoms with van der Waals surface area (Å²) in [6, 6.07) is 4.90. The molecule has 0 unspecified atom stereocenters. The van der Waals surface area contributed by atoms with Gasteiger partial charge in [0.15, 0.2) is 0 Å². The zero-order valence-corrected chi connectivity index (χ0v) is 13.5. The summed E-state index contributed by atoms with van der Waals surface area (Å²) in [4.78, 5) is 0.163. The van der Waals surface area contributed by atoms with Gasteiger partial charge in [-0.3, -0.25) is 0 Å². The highest BCUT2D eigenvalue weighted by molar-refractivity contribution is 7.91. The van der Waals surface area contributed by atoms with Gasteiger partial charge in [0.1, 0.15) is 9.84 Å². The number of nitrogens with zero attached hydrogens (tertiary/aromatic N) is 1. The molecular weight excluding hydrogens is 300 g/mol. The first-order valence-corrected chi connectivity index (χ1v) is 9.52. The van der Waals surface area contributed by atoms with Crippen molar-refractivity contribution >= 4 is 19.9 Å². The van der Waals surface area contributed by atoms with E-state index >= 15 is 0 Å². The van der Waals surface area contributed by atoms with Crippen molar-refractivity contribution in [3.63, 3.8) is 0 Å². The Labute approximate surface area is 120 Å². The van der Waals surface area contributed by atoms with Gasteiger partial charge in [-0.25, -0.2) is 16.8 Å². The van der Waals surface area contributed by atoms with Gasteiger partial charge in [-0.15, -0.1) is 0 Å². The zero-order chi connectivity index (χ0) is 15.6. The standard InChI is InChI=1S/C12H20N2O4S2/c1-10-11(9-13)5-4-6-12(10)20(17,18)14(2)7-8-19(3,15)16/h4-6H,7-9,13H2,1-3H3. The fourth-order valence-electron chi connectivity index (χ4n) is 1.74. The lowest BCUT2D eigenvalue weighted by Gasteiger charge is -2.19. The summed E-state index contributed by atoms with van der Waals surface area (Å²) in [6.07, 6.45) is 1.08. The minimum Gasteiger partial charge on any atom is -0.326 e. The van der Waals surface area contributed by atoms with Crippen molar-refractivity contribution in [2.75, 3.05) is 25.6 Å². The molecule has 0 saturated carbocycles. The van der Waals surface area contributed by atoms with Crippen LogP contribution in [0.4, 0.5) is 0 Å². The number of benzene rings is 1. The molecule has 0 amide bonds. The molecule has 0 aromatic heterocycles. The van der Waals surface area contributed by atoms with Crippen LogP contribution in [-0.4, -0.2) is 46.7 Å². The second-order valence-electron chi connectivity index (χ2n) is 4.70. The van der Waals surface area contributed by atoms with Gasteiger partial charge in [-0.1, -0.05) is 12.1 Å². The third-order valence-corrected chi connectivity index (χ3v) is 6.01. The van der Waals surface area contributed by atoms with Crippen LogP contribution >= 0.6 is 0 Å². The highest BCUT2D eigenvalue weighted by atomic mass is 32.2. The Kier molecular flexibility index (Phi) is 5.31. The molecule has 0 aliphatic heterocycles. The van der Waals surface area contributed by atoms with E-state index in [2.05, 4.69) is 0 Å². The van der Waals surface area contributed by atoms with Crippen molar-refractivity contribution in [1.82, 2.24) is 4.31 Å². The number of nitrogens with two attached hydrogens (primary N) is 1. The molecular formula is C12H20N2O4S2. The average Bonchev–Trinajstić information content (AvgIpc) is 2.35. The van der Waals surface area contributed by atoms with Crippen LogP contribution in [0.2, 0.25) is 0 Å². The Bertz CT molecular complexity index is 681. The van der Waals surface area contributed by atoms with Gasteiger partial charge in [-0.05, 0) is 24.1 Å². The zero-order valence-electron chi connectivity index (χ0n) is 11.8. The first-order valence-electron chi connectivity index (χ1n) is 6.02. The van der Waals surface area contributed by atoms with Crippen LogP contribution < -0.4 is 5.73 Å². The van der Waals surface area contributed by atoms with E-state index in [4.69, 9.17) is 5.73 Å². The van der Waals surface area contributed by atoms with Crippen LogP contribution in [-0.2, 0) is 26.4 Å². The van der Waals surface area contributed by atoms with Crippen LogP contribution in [0.3, 0.4) is 0 Å². The first-order chi connectivity index (χ1) is 9.09. The molecule has 0 spiro atoms. The van der Waals surface area contributed by atoms with Gasteiger partial charge < -0.3 is 5.73 Å². The third-order valence-electron chi connectivity index (χ3n) is 3.08. The summed E-state index contributed by atoms with van der Waals surface area (Å²) in [7, 11) is -5.55. The molecule has 1 aromatic carbocycles. The first kappa shape index (κ1) is 17.1. The van der Waals surface area contributed by atoms with Gasteiger partial charge in [0.05, 0.1) is 10.6 Å². The normalized spacial score (nSPS) is 12.8. The average molecular weight is 320 g/mol. The predicted octanol–water partition coefficient (Wildman–Crippen LogP) is 0.119. The second-order valence-corrected chi connectivity index (χ2v) is 8.97. The molecule has 0 aliphatic rings. The Morgan fingerprint density at radius 1 is 1.20 bits per heavy atom. The molecule has 1 aromatic rings. The summed E-state index contributed by atoms with van der Waals surface area (Å²) in [6.45, 7) is 1.87. The SMILES string of the molecule is Cc1c(CN)cccc1S(=O)(=O)N(C)CCS(C)(=O)=O. The van der Waals surface area contributed by atoms with Crippen LogP contribution in [0.5, 0.6) is 0 Å². The smallest absolute Gasteiger partial charge is 0.243 e. The minimum absolute atomic E-state index is 0.0759. The molecule has 0 aliphatic carbocycles. The van der Waals surface area contributed by atoms with Crippen LogP contribution in [0, 0.1) is 6.92 Å². The molecule has 1 rings (SSSR count). The van der Waals surface area contributed by atoms with E-state index in [0.29, 0.717) is 5.56 Å². The maximum absolute atomic E-state index is 12.4. The molecule has 0 atom stereocenters. The molecule has 0 radical (unpaired) electrons. The summed E-state index contributed by atoms with van der Waals surface area (Å²) < 4.78 is 48.2. The van der Waals surface area contributed by atoms with Gasteiger partial charge in [0, 0.05) is 26.4 Å². The van der Waals surface area contributed by atoms with E-state index in [1.54, 1.807) is 19.1 Å². The monoisotopic (exact) mass is 320 g/mol. The second kappa shape index (κ2) is 6.21. The fraction of sp³-hybridized carbons (Fsp3) is 0.500. The summed E-state index contributed by atoms with van der Waals surface area (Å²) in [5.41, 5.74) is 6.92. The van der Waals surface area contributed by atoms with E-state index in [1.807, 2.05) is 0 Å². The highest BCUT2D eigenvalue weighted by Crippen LogP contribution is 2.21. The van der Waals surface area contributed by atoms with Crippen LogP contribution in [0.25, 0.3) is 0 Å². The Hall–Kier alpha value is -0.960. The van der Waals surface area contributed by atoms with Crippen molar-refractivity contribution in [2.45, 2.75) is 18.4 Å². The third kappa shape index (κ3) is 4.02. The molecule has 114 valence electrons. The maximum atomic E-state index is 12.4. The van der Waals surface area contributed by atoms with E-state index in [1.165, 1.54) is 13.1 Å². The van der Waals surface area contributed by atoms with Crippen molar-refractivity contribution in [3.05, 3.63) is 29.3 Å². The van der Waals surface area contributed by atoms with Gasteiger partial charge in [0.25, 0.3) is 0 Å². The topological polar surface area (TPSA) is 97.5 Å². The van der Waals surface area contributed by atoms with Crippen molar-refractivity contribution < 1.29 is 16.8 Å². The lowest BCUT2D eigenvalue weighted by atomic mass is 10.1.